The minimum Gasteiger partial charge on any atom is -0.423 e. The molecule has 1 atom stereocenters. The highest BCUT2D eigenvalue weighted by atomic mass is 19.2. The topological polar surface area (TPSA) is 67.3 Å². The zero-order valence-electron chi connectivity index (χ0n) is 21.1. The van der Waals surface area contributed by atoms with Crippen molar-refractivity contribution in [1.29, 1.82) is 0 Å². The van der Waals surface area contributed by atoms with Gasteiger partial charge in [0.05, 0.1) is 11.6 Å². The van der Waals surface area contributed by atoms with Crippen LogP contribution >= 0.6 is 0 Å². The monoisotopic (exact) mass is 518 g/mol. The van der Waals surface area contributed by atoms with E-state index in [4.69, 9.17) is 9.72 Å². The third kappa shape index (κ3) is 4.91. The largest absolute Gasteiger partial charge is 0.423 e. The smallest absolute Gasteiger partial charge is 0.346 e. The zero-order chi connectivity index (χ0) is 27.0. The van der Waals surface area contributed by atoms with Crippen molar-refractivity contribution < 1.29 is 22.7 Å². The molecule has 1 aromatic heterocycles. The highest BCUT2D eigenvalue weighted by Crippen LogP contribution is 2.37. The van der Waals surface area contributed by atoms with Crippen molar-refractivity contribution in [2.75, 3.05) is 16.8 Å². The van der Waals surface area contributed by atoms with Crippen LogP contribution in [0.1, 0.15) is 45.7 Å². The second kappa shape index (κ2) is 10.2. The molecule has 194 valence electrons. The van der Waals surface area contributed by atoms with Crippen LogP contribution in [0.4, 0.5) is 30.6 Å². The van der Waals surface area contributed by atoms with E-state index >= 15 is 0 Å². The van der Waals surface area contributed by atoms with Crippen molar-refractivity contribution in [3.05, 3.63) is 106 Å². The van der Waals surface area contributed by atoms with Crippen LogP contribution in [0.25, 0.3) is 0 Å². The van der Waals surface area contributed by atoms with Gasteiger partial charge < -0.3 is 15.0 Å². The Morgan fingerprint density at radius 3 is 2.55 bits per heavy atom. The van der Waals surface area contributed by atoms with Crippen LogP contribution < -0.4 is 15.0 Å². The maximum absolute atomic E-state index is 14.1. The van der Waals surface area contributed by atoms with Crippen molar-refractivity contribution in [2.24, 2.45) is 0 Å². The summed E-state index contributed by atoms with van der Waals surface area (Å²) in [6.45, 7) is 6.59. The molecule has 0 radical (unpaired) electrons. The number of aromatic nitrogens is 2. The number of nitrogens with zero attached hydrogens (tertiary/aromatic N) is 3. The van der Waals surface area contributed by atoms with Crippen LogP contribution in [-0.4, -0.2) is 22.5 Å². The Morgan fingerprint density at radius 1 is 1.03 bits per heavy atom. The lowest BCUT2D eigenvalue weighted by Crippen LogP contribution is -2.35. The summed E-state index contributed by atoms with van der Waals surface area (Å²) in [7, 11) is 0. The van der Waals surface area contributed by atoms with Crippen LogP contribution in [0.5, 0.6) is 5.75 Å². The van der Waals surface area contributed by atoms with E-state index in [1.54, 1.807) is 24.3 Å². The van der Waals surface area contributed by atoms with E-state index in [1.807, 2.05) is 26.8 Å². The molecule has 5 rings (SSSR count). The van der Waals surface area contributed by atoms with Crippen molar-refractivity contribution in [3.8, 4) is 5.75 Å². The fourth-order valence-electron chi connectivity index (χ4n) is 4.58. The fraction of sp³-hybridized carbons (Fsp3) is 0.207. The average Bonchev–Trinajstić information content (AvgIpc) is 2.90. The molecular weight excluding hydrogens is 493 g/mol. The summed E-state index contributed by atoms with van der Waals surface area (Å²) in [6.07, 6.45) is 0.732. The predicted octanol–water partition coefficient (Wildman–Crippen LogP) is 6.60. The van der Waals surface area contributed by atoms with Gasteiger partial charge in [-0.3, -0.25) is 0 Å². The van der Waals surface area contributed by atoms with E-state index in [0.29, 0.717) is 18.2 Å². The van der Waals surface area contributed by atoms with Crippen LogP contribution in [0.15, 0.2) is 60.7 Å². The van der Waals surface area contributed by atoms with Crippen LogP contribution in [0.3, 0.4) is 0 Å². The van der Waals surface area contributed by atoms with Crippen LogP contribution in [0, 0.1) is 31.3 Å². The van der Waals surface area contributed by atoms with Gasteiger partial charge in [0.25, 0.3) is 0 Å². The maximum Gasteiger partial charge on any atom is 0.346 e. The molecule has 1 N–H and O–H groups in total. The van der Waals surface area contributed by atoms with Crippen molar-refractivity contribution in [3.63, 3.8) is 0 Å². The first kappa shape index (κ1) is 25.3. The number of anilines is 3. The number of rotatable bonds is 5. The molecule has 9 heteroatoms. The molecule has 0 bridgehead atoms. The molecule has 0 amide bonds. The summed E-state index contributed by atoms with van der Waals surface area (Å²) in [5.74, 6) is -2.27. The van der Waals surface area contributed by atoms with E-state index in [-0.39, 0.29) is 17.6 Å². The van der Waals surface area contributed by atoms with Gasteiger partial charge >= 0.3 is 5.97 Å². The molecule has 0 spiro atoms. The van der Waals surface area contributed by atoms with Crippen molar-refractivity contribution >= 4 is 23.4 Å². The number of halogens is 3. The van der Waals surface area contributed by atoms with Gasteiger partial charge in [0.15, 0.2) is 11.6 Å². The van der Waals surface area contributed by atoms with Gasteiger partial charge in [-0.25, -0.2) is 22.9 Å². The first-order valence-electron chi connectivity index (χ1n) is 12.1. The first-order chi connectivity index (χ1) is 18.2. The minimum absolute atomic E-state index is 0.130. The molecule has 1 unspecified atom stereocenters. The highest BCUT2D eigenvalue weighted by molar-refractivity contribution is 5.91. The maximum atomic E-state index is 14.1. The molecule has 1 aliphatic rings. The second-order valence-corrected chi connectivity index (χ2v) is 9.18. The Bertz CT molecular complexity index is 1530. The number of aryl methyl sites for hydroxylation is 1. The number of nitrogens with one attached hydrogen (secondary N) is 1. The van der Waals surface area contributed by atoms with Crippen molar-refractivity contribution in [2.45, 2.75) is 33.2 Å². The quantitative estimate of drug-likeness (QED) is 0.237. The molecular formula is C29H25F3N4O2. The van der Waals surface area contributed by atoms with Crippen LogP contribution in [-0.2, 0) is 6.42 Å². The minimum atomic E-state index is -1.24. The van der Waals surface area contributed by atoms with Gasteiger partial charge in [0.1, 0.15) is 17.4 Å². The normalized spacial score (nSPS) is 14.7. The standard InChI is InChI=1S/C29H25F3N4O2/c1-16-17(2)33-29(34-21-10-8-20(30)9-11-21)35-27(16)36-14-13-19-7-12-22(15-24(19)18(36)3)38-28(37)23-5-4-6-25(31)26(23)32/h4-12,15,18H,13-14H2,1-3H3,(H,33,34,35). The molecule has 0 saturated heterocycles. The van der Waals surface area contributed by atoms with E-state index in [2.05, 4.69) is 15.2 Å². The molecule has 6 nitrogen and oxygen atoms in total. The molecule has 0 fully saturated rings. The Kier molecular flexibility index (Phi) is 6.75. The third-order valence-corrected chi connectivity index (χ3v) is 6.77. The zero-order valence-corrected chi connectivity index (χ0v) is 21.1. The molecule has 0 saturated carbocycles. The molecule has 38 heavy (non-hydrogen) atoms. The summed E-state index contributed by atoms with van der Waals surface area (Å²) in [6, 6.07) is 14.5. The first-order valence-corrected chi connectivity index (χ1v) is 12.1. The van der Waals surface area contributed by atoms with Crippen LogP contribution in [0.2, 0.25) is 0 Å². The van der Waals surface area contributed by atoms with Gasteiger partial charge in [0, 0.05) is 23.5 Å². The lowest BCUT2D eigenvalue weighted by molar-refractivity contribution is 0.0728. The number of carbonyl (C=O) groups excluding carboxylic acids is 1. The van der Waals surface area contributed by atoms with Gasteiger partial charge in [-0.15, -0.1) is 0 Å². The van der Waals surface area contributed by atoms with Crippen molar-refractivity contribution in [1.82, 2.24) is 9.97 Å². The molecule has 2 heterocycles. The average molecular weight is 519 g/mol. The summed E-state index contributed by atoms with van der Waals surface area (Å²) in [5.41, 5.74) is 3.96. The molecule has 3 aromatic carbocycles. The van der Waals surface area contributed by atoms with Gasteiger partial charge in [-0.05, 0) is 86.8 Å². The Labute approximate surface area is 218 Å². The Balaban J connectivity index is 1.42. The summed E-state index contributed by atoms with van der Waals surface area (Å²) >= 11 is 0. The summed E-state index contributed by atoms with van der Waals surface area (Å²) < 4.78 is 46.3. The molecule has 1 aliphatic heterocycles. The van der Waals surface area contributed by atoms with E-state index < -0.39 is 23.2 Å². The summed E-state index contributed by atoms with van der Waals surface area (Å²) in [4.78, 5) is 24.0. The van der Waals surface area contributed by atoms with Gasteiger partial charge in [-0.2, -0.15) is 4.98 Å². The predicted molar refractivity (Wildman–Crippen MR) is 138 cm³/mol. The highest BCUT2D eigenvalue weighted by Gasteiger charge is 2.28. The lowest BCUT2D eigenvalue weighted by Gasteiger charge is -2.37. The lowest BCUT2D eigenvalue weighted by atomic mass is 9.93. The number of ether oxygens (including phenoxy) is 1. The number of esters is 1. The molecule has 4 aromatic rings. The SMILES string of the molecule is Cc1nc(Nc2ccc(F)cc2)nc(N2CCc3ccc(OC(=O)c4cccc(F)c4F)cc3C2C)c1C. The van der Waals surface area contributed by atoms with E-state index in [9.17, 15) is 18.0 Å². The second-order valence-electron chi connectivity index (χ2n) is 9.18. The third-order valence-electron chi connectivity index (χ3n) is 6.77. The number of carbonyl (C=O) groups is 1. The number of hydrogen-bond acceptors (Lipinski definition) is 6. The number of fused-ring (bicyclic) bond motifs is 1. The van der Waals surface area contributed by atoms with Gasteiger partial charge in [-0.1, -0.05) is 12.1 Å². The number of benzene rings is 3. The van der Waals surface area contributed by atoms with E-state index in [1.165, 1.54) is 24.3 Å². The van der Waals surface area contributed by atoms with Gasteiger partial charge in [0.2, 0.25) is 5.95 Å². The summed E-state index contributed by atoms with van der Waals surface area (Å²) in [5, 5.41) is 3.14. The molecule has 0 aliphatic carbocycles. The Hall–Kier alpha value is -4.40. The fourth-order valence-corrected chi connectivity index (χ4v) is 4.58. The number of hydrogen-bond donors (Lipinski definition) is 1. The Morgan fingerprint density at radius 2 is 1.79 bits per heavy atom. The van der Waals surface area contributed by atoms with E-state index in [0.717, 1.165) is 40.7 Å².